The summed E-state index contributed by atoms with van der Waals surface area (Å²) in [5, 5.41) is 14.9. The SMILES string of the molecule is CN(CC(=O)O)C(=O)c1cccc(NC(=O)NC23CC4CC(CC(C4)C2)C3)c1. The lowest BCUT2D eigenvalue weighted by Gasteiger charge is -2.56. The standard InChI is InChI=1S/C21H27N3O4/c1-24(12-18(25)26)19(27)16-3-2-4-17(8-16)22-20(28)23-21-9-13-5-14(10-21)7-15(6-13)11-21/h2-4,8,13-15H,5-7,9-12H2,1H3,(H,25,26)(H2,22,23,28). The Labute approximate surface area is 164 Å². The summed E-state index contributed by atoms with van der Waals surface area (Å²) in [4.78, 5) is 36.9. The smallest absolute Gasteiger partial charge is 0.323 e. The zero-order valence-corrected chi connectivity index (χ0v) is 16.1. The van der Waals surface area contributed by atoms with Crippen molar-refractivity contribution in [1.29, 1.82) is 0 Å². The number of likely N-dealkylation sites (N-methyl/N-ethyl adjacent to an activating group) is 1. The second-order valence-electron chi connectivity index (χ2n) is 8.91. The van der Waals surface area contributed by atoms with E-state index in [4.69, 9.17) is 5.11 Å². The highest BCUT2D eigenvalue weighted by atomic mass is 16.4. The predicted molar refractivity (Wildman–Crippen MR) is 104 cm³/mol. The van der Waals surface area contributed by atoms with Crippen LogP contribution in [0.1, 0.15) is 48.9 Å². The highest BCUT2D eigenvalue weighted by Crippen LogP contribution is 2.55. The fourth-order valence-electron chi connectivity index (χ4n) is 5.89. The second-order valence-corrected chi connectivity index (χ2v) is 8.91. The molecule has 5 rings (SSSR count). The molecule has 7 nitrogen and oxygen atoms in total. The number of carboxylic acids is 1. The average molecular weight is 385 g/mol. The van der Waals surface area contributed by atoms with Gasteiger partial charge in [0.25, 0.3) is 5.91 Å². The van der Waals surface area contributed by atoms with Crippen LogP contribution >= 0.6 is 0 Å². The molecule has 0 saturated heterocycles. The quantitative estimate of drug-likeness (QED) is 0.726. The number of carbonyl (C=O) groups is 3. The number of urea groups is 1. The van der Waals surface area contributed by atoms with Crippen molar-refractivity contribution in [1.82, 2.24) is 10.2 Å². The van der Waals surface area contributed by atoms with Gasteiger partial charge in [-0.2, -0.15) is 0 Å². The molecular weight excluding hydrogens is 358 g/mol. The van der Waals surface area contributed by atoms with Crippen molar-refractivity contribution < 1.29 is 19.5 Å². The van der Waals surface area contributed by atoms with Gasteiger partial charge in [0.1, 0.15) is 6.54 Å². The van der Waals surface area contributed by atoms with Crippen molar-refractivity contribution in [3.8, 4) is 0 Å². The van der Waals surface area contributed by atoms with Crippen LogP contribution in [0.15, 0.2) is 24.3 Å². The van der Waals surface area contributed by atoms with E-state index in [0.29, 0.717) is 11.3 Å². The number of aliphatic carboxylic acids is 1. The van der Waals surface area contributed by atoms with Crippen LogP contribution in [-0.4, -0.2) is 47.0 Å². The Balaban J connectivity index is 1.40. The summed E-state index contributed by atoms with van der Waals surface area (Å²) >= 11 is 0. The van der Waals surface area contributed by atoms with Gasteiger partial charge in [-0.1, -0.05) is 6.07 Å². The molecule has 0 atom stereocenters. The molecule has 150 valence electrons. The molecule has 3 N–H and O–H groups in total. The van der Waals surface area contributed by atoms with E-state index in [2.05, 4.69) is 10.6 Å². The molecule has 0 radical (unpaired) electrons. The van der Waals surface area contributed by atoms with Crippen LogP contribution in [0.3, 0.4) is 0 Å². The molecule has 3 amide bonds. The number of hydrogen-bond acceptors (Lipinski definition) is 3. The van der Waals surface area contributed by atoms with Crippen LogP contribution in [0.25, 0.3) is 0 Å². The summed E-state index contributed by atoms with van der Waals surface area (Å²) in [6.45, 7) is -0.372. The molecule has 4 saturated carbocycles. The summed E-state index contributed by atoms with van der Waals surface area (Å²) in [6.07, 6.45) is 7.17. The minimum atomic E-state index is -1.07. The minimum Gasteiger partial charge on any atom is -0.480 e. The van der Waals surface area contributed by atoms with Crippen LogP contribution < -0.4 is 10.6 Å². The lowest BCUT2D eigenvalue weighted by atomic mass is 9.53. The molecule has 0 aliphatic heterocycles. The first kappa shape index (κ1) is 18.8. The summed E-state index contributed by atoms with van der Waals surface area (Å²) in [5.74, 6) is 0.777. The Bertz CT molecular complexity index is 771. The average Bonchev–Trinajstić information content (AvgIpc) is 2.58. The van der Waals surface area contributed by atoms with Gasteiger partial charge >= 0.3 is 12.0 Å². The molecule has 4 bridgehead atoms. The van der Waals surface area contributed by atoms with E-state index in [1.807, 2.05) is 0 Å². The van der Waals surface area contributed by atoms with Crippen LogP contribution in [0, 0.1) is 17.8 Å². The Hall–Kier alpha value is -2.57. The van der Waals surface area contributed by atoms with Crippen molar-refractivity contribution in [2.24, 2.45) is 17.8 Å². The molecule has 1 aromatic carbocycles. The summed E-state index contributed by atoms with van der Waals surface area (Å²) < 4.78 is 0. The Kier molecular flexibility index (Phi) is 4.77. The molecule has 4 aliphatic rings. The molecule has 0 heterocycles. The Morgan fingerprint density at radius 2 is 1.71 bits per heavy atom. The highest BCUT2D eigenvalue weighted by molar-refractivity contribution is 5.98. The van der Waals surface area contributed by atoms with E-state index in [0.717, 1.165) is 41.9 Å². The first-order valence-electron chi connectivity index (χ1n) is 9.98. The topological polar surface area (TPSA) is 98.7 Å². The van der Waals surface area contributed by atoms with Crippen LogP contribution in [0.2, 0.25) is 0 Å². The number of carboxylic acid groups (broad SMARTS) is 1. The Morgan fingerprint density at radius 3 is 2.29 bits per heavy atom. The van der Waals surface area contributed by atoms with E-state index in [9.17, 15) is 14.4 Å². The van der Waals surface area contributed by atoms with Crippen molar-refractivity contribution in [3.05, 3.63) is 29.8 Å². The molecule has 0 unspecified atom stereocenters. The van der Waals surface area contributed by atoms with Gasteiger partial charge in [-0.05, 0) is 74.5 Å². The lowest BCUT2D eigenvalue weighted by Crippen LogP contribution is -2.60. The maximum Gasteiger partial charge on any atom is 0.323 e. The maximum absolute atomic E-state index is 12.7. The van der Waals surface area contributed by atoms with Gasteiger partial charge in [0, 0.05) is 23.8 Å². The molecule has 7 heteroatoms. The van der Waals surface area contributed by atoms with Crippen molar-refractivity contribution >= 4 is 23.6 Å². The number of anilines is 1. The normalized spacial score (nSPS) is 30.0. The van der Waals surface area contributed by atoms with E-state index in [1.54, 1.807) is 24.3 Å². The number of amides is 3. The van der Waals surface area contributed by atoms with Crippen molar-refractivity contribution in [3.63, 3.8) is 0 Å². The first-order chi connectivity index (χ1) is 13.3. The number of carbonyl (C=O) groups excluding carboxylic acids is 2. The van der Waals surface area contributed by atoms with Gasteiger partial charge in [-0.15, -0.1) is 0 Å². The van der Waals surface area contributed by atoms with Crippen LogP contribution in [-0.2, 0) is 4.79 Å². The molecule has 4 fully saturated rings. The van der Waals surface area contributed by atoms with Crippen LogP contribution in [0.5, 0.6) is 0 Å². The third kappa shape index (κ3) is 3.84. The fourth-order valence-corrected chi connectivity index (χ4v) is 5.89. The summed E-state index contributed by atoms with van der Waals surface area (Å²) in [7, 11) is 1.44. The van der Waals surface area contributed by atoms with Crippen molar-refractivity contribution in [2.75, 3.05) is 18.9 Å². The number of nitrogens with one attached hydrogen (secondary N) is 2. The zero-order chi connectivity index (χ0) is 19.9. The molecule has 1 aromatic rings. The van der Waals surface area contributed by atoms with E-state index in [1.165, 1.54) is 26.3 Å². The van der Waals surface area contributed by atoms with E-state index in [-0.39, 0.29) is 18.1 Å². The van der Waals surface area contributed by atoms with E-state index >= 15 is 0 Å². The van der Waals surface area contributed by atoms with Crippen molar-refractivity contribution in [2.45, 2.75) is 44.1 Å². The third-order valence-corrected chi connectivity index (χ3v) is 6.50. The van der Waals surface area contributed by atoms with Gasteiger partial charge in [-0.3, -0.25) is 9.59 Å². The number of benzene rings is 1. The van der Waals surface area contributed by atoms with Gasteiger partial charge in [-0.25, -0.2) is 4.79 Å². The van der Waals surface area contributed by atoms with Crippen LogP contribution in [0.4, 0.5) is 10.5 Å². The predicted octanol–water partition coefficient (Wildman–Crippen LogP) is 2.93. The van der Waals surface area contributed by atoms with Gasteiger partial charge < -0.3 is 20.6 Å². The van der Waals surface area contributed by atoms with E-state index < -0.39 is 11.9 Å². The minimum absolute atomic E-state index is 0.0754. The van der Waals surface area contributed by atoms with Gasteiger partial charge in [0.2, 0.25) is 0 Å². The van der Waals surface area contributed by atoms with Gasteiger partial charge in [0.05, 0.1) is 0 Å². The summed E-state index contributed by atoms with van der Waals surface area (Å²) in [5.41, 5.74) is 0.793. The monoisotopic (exact) mass is 385 g/mol. The van der Waals surface area contributed by atoms with Gasteiger partial charge in [0.15, 0.2) is 0 Å². The largest absolute Gasteiger partial charge is 0.480 e. The fraction of sp³-hybridized carbons (Fsp3) is 0.571. The highest BCUT2D eigenvalue weighted by Gasteiger charge is 2.51. The third-order valence-electron chi connectivity index (χ3n) is 6.50. The summed E-state index contributed by atoms with van der Waals surface area (Å²) in [6, 6.07) is 6.38. The maximum atomic E-state index is 12.7. The first-order valence-corrected chi connectivity index (χ1v) is 9.98. The lowest BCUT2D eigenvalue weighted by molar-refractivity contribution is -0.137. The number of hydrogen-bond donors (Lipinski definition) is 3. The number of nitrogens with zero attached hydrogens (tertiary/aromatic N) is 1. The molecule has 0 spiro atoms. The Morgan fingerprint density at radius 1 is 1.11 bits per heavy atom. The molecule has 4 aliphatic carbocycles. The zero-order valence-electron chi connectivity index (χ0n) is 16.1. The molecular formula is C21H27N3O4. The molecule has 28 heavy (non-hydrogen) atoms. The number of rotatable bonds is 5. The second kappa shape index (κ2) is 7.11. The molecule has 0 aromatic heterocycles.